The predicted molar refractivity (Wildman–Crippen MR) is 74.8 cm³/mol. The largest absolute Gasteiger partial charge is 0.491 e. The highest BCUT2D eigenvalue weighted by Crippen LogP contribution is 2.17. The molecule has 2 aromatic rings. The molecule has 0 radical (unpaired) electrons. The Kier molecular flexibility index (Phi) is 3.94. The van der Waals surface area contributed by atoms with Gasteiger partial charge < -0.3 is 10.5 Å². The van der Waals surface area contributed by atoms with E-state index in [1.165, 1.54) is 0 Å². The van der Waals surface area contributed by atoms with Crippen LogP contribution in [0.25, 0.3) is 0 Å². The van der Waals surface area contributed by atoms with Crippen LogP contribution in [0.1, 0.15) is 11.1 Å². The average Bonchev–Trinajstić information content (AvgIpc) is 2.75. The molecule has 0 saturated heterocycles. The van der Waals surface area contributed by atoms with E-state index in [0.29, 0.717) is 23.9 Å². The molecule has 0 aliphatic carbocycles. The van der Waals surface area contributed by atoms with Crippen molar-refractivity contribution < 1.29 is 4.74 Å². The molecule has 0 saturated carbocycles. The van der Waals surface area contributed by atoms with Crippen molar-refractivity contribution in [2.75, 3.05) is 6.61 Å². The van der Waals surface area contributed by atoms with Gasteiger partial charge in [-0.15, -0.1) is 0 Å². The topological polar surface area (TPSA) is 53.1 Å². The van der Waals surface area contributed by atoms with Gasteiger partial charge in [0.25, 0.3) is 0 Å². The molecular weight excluding hydrogens is 246 g/mol. The first-order valence-corrected chi connectivity index (χ1v) is 6.08. The van der Waals surface area contributed by atoms with Crippen molar-refractivity contribution in [1.29, 1.82) is 0 Å². The summed E-state index contributed by atoms with van der Waals surface area (Å²) in [6, 6.07) is 7.51. The molecule has 1 heterocycles. The number of nitrogens with two attached hydrogens (primary N) is 1. The smallest absolute Gasteiger partial charge is 0.129 e. The number of hydrogen-bond donors (Lipinski definition) is 1. The second-order valence-corrected chi connectivity index (χ2v) is 4.43. The van der Waals surface area contributed by atoms with Gasteiger partial charge >= 0.3 is 0 Å². The molecule has 2 N–H and O–H groups in total. The highest BCUT2D eigenvalue weighted by molar-refractivity contribution is 7.80. The summed E-state index contributed by atoms with van der Waals surface area (Å²) in [4.78, 5) is 0.348. The van der Waals surface area contributed by atoms with Crippen LogP contribution >= 0.6 is 12.2 Å². The number of rotatable bonds is 5. The minimum absolute atomic E-state index is 0.348. The minimum Gasteiger partial charge on any atom is -0.491 e. The Balaban J connectivity index is 1.96. The summed E-state index contributed by atoms with van der Waals surface area (Å²) in [6.07, 6.45) is 3.80. The fourth-order valence-corrected chi connectivity index (χ4v) is 1.80. The Morgan fingerprint density at radius 2 is 2.22 bits per heavy atom. The van der Waals surface area contributed by atoms with E-state index in [0.717, 1.165) is 11.1 Å². The first-order chi connectivity index (χ1) is 8.66. The summed E-state index contributed by atoms with van der Waals surface area (Å²) in [6.45, 7) is 3.23. The number of aromatic nitrogens is 2. The molecule has 0 unspecified atom stereocenters. The van der Waals surface area contributed by atoms with E-state index >= 15 is 0 Å². The molecule has 4 nitrogen and oxygen atoms in total. The molecule has 0 atom stereocenters. The zero-order valence-corrected chi connectivity index (χ0v) is 11.0. The zero-order chi connectivity index (χ0) is 13.0. The lowest BCUT2D eigenvalue weighted by Gasteiger charge is -2.10. The van der Waals surface area contributed by atoms with Gasteiger partial charge in [-0.1, -0.05) is 24.4 Å². The lowest BCUT2D eigenvalue weighted by molar-refractivity contribution is 0.291. The third kappa shape index (κ3) is 3.07. The van der Waals surface area contributed by atoms with Crippen LogP contribution in [0.15, 0.2) is 36.7 Å². The van der Waals surface area contributed by atoms with Crippen molar-refractivity contribution in [2.24, 2.45) is 5.73 Å². The zero-order valence-electron chi connectivity index (χ0n) is 10.2. The van der Waals surface area contributed by atoms with E-state index in [9.17, 15) is 0 Å². The van der Waals surface area contributed by atoms with Crippen LogP contribution in [0.4, 0.5) is 0 Å². The van der Waals surface area contributed by atoms with Crippen molar-refractivity contribution in [1.82, 2.24) is 9.78 Å². The van der Waals surface area contributed by atoms with Gasteiger partial charge in [-0.25, -0.2) is 0 Å². The fourth-order valence-electron chi connectivity index (χ4n) is 1.63. The molecule has 0 aliphatic heterocycles. The summed E-state index contributed by atoms with van der Waals surface area (Å²) >= 11 is 4.98. The molecule has 0 bridgehead atoms. The Morgan fingerprint density at radius 1 is 1.44 bits per heavy atom. The summed E-state index contributed by atoms with van der Waals surface area (Å²) in [5.41, 5.74) is 7.54. The van der Waals surface area contributed by atoms with E-state index in [-0.39, 0.29) is 0 Å². The van der Waals surface area contributed by atoms with Crippen molar-refractivity contribution in [3.05, 3.63) is 47.8 Å². The standard InChI is InChI=1S/C13H15N3OS/c1-10-8-15-16(9-10)6-7-17-12-5-3-2-4-11(12)13(14)18/h2-5,8-9H,6-7H2,1H3,(H2,14,18). The maximum absolute atomic E-state index is 5.68. The lowest BCUT2D eigenvalue weighted by atomic mass is 10.2. The van der Waals surface area contributed by atoms with Gasteiger partial charge in [-0.05, 0) is 24.6 Å². The van der Waals surface area contributed by atoms with Crippen molar-refractivity contribution >= 4 is 17.2 Å². The summed E-state index contributed by atoms with van der Waals surface area (Å²) in [7, 11) is 0. The SMILES string of the molecule is Cc1cnn(CCOc2ccccc2C(N)=S)c1. The minimum atomic E-state index is 0.348. The van der Waals surface area contributed by atoms with Crippen LogP contribution in [0.3, 0.4) is 0 Å². The highest BCUT2D eigenvalue weighted by Gasteiger charge is 2.05. The number of para-hydroxylation sites is 1. The van der Waals surface area contributed by atoms with Gasteiger partial charge in [-0.2, -0.15) is 5.10 Å². The van der Waals surface area contributed by atoms with E-state index in [2.05, 4.69) is 5.10 Å². The number of ether oxygens (including phenoxy) is 1. The summed E-state index contributed by atoms with van der Waals surface area (Å²) < 4.78 is 7.53. The van der Waals surface area contributed by atoms with Crippen molar-refractivity contribution in [2.45, 2.75) is 13.5 Å². The lowest BCUT2D eigenvalue weighted by Crippen LogP contribution is -2.14. The number of nitrogens with zero attached hydrogens (tertiary/aromatic N) is 2. The van der Waals surface area contributed by atoms with Crippen LogP contribution < -0.4 is 10.5 Å². The predicted octanol–water partition coefficient (Wildman–Crippen LogP) is 1.90. The normalized spacial score (nSPS) is 10.3. The molecule has 18 heavy (non-hydrogen) atoms. The van der Waals surface area contributed by atoms with Gasteiger partial charge in [0.2, 0.25) is 0 Å². The molecule has 0 spiro atoms. The Bertz CT molecular complexity index is 551. The number of benzene rings is 1. The Labute approximate surface area is 111 Å². The molecule has 0 fully saturated rings. The van der Waals surface area contributed by atoms with Gasteiger partial charge in [0.1, 0.15) is 17.3 Å². The van der Waals surface area contributed by atoms with Crippen molar-refractivity contribution in [3.63, 3.8) is 0 Å². The second-order valence-electron chi connectivity index (χ2n) is 3.99. The summed E-state index contributed by atoms with van der Waals surface area (Å²) in [5, 5.41) is 4.19. The van der Waals surface area contributed by atoms with Crippen LogP contribution in [0.2, 0.25) is 0 Å². The van der Waals surface area contributed by atoms with Gasteiger partial charge in [0, 0.05) is 6.20 Å². The van der Waals surface area contributed by atoms with Gasteiger partial charge in [0.05, 0.1) is 18.3 Å². The van der Waals surface area contributed by atoms with E-state index in [1.807, 2.05) is 48.3 Å². The first-order valence-electron chi connectivity index (χ1n) is 5.67. The van der Waals surface area contributed by atoms with E-state index in [1.54, 1.807) is 0 Å². The maximum atomic E-state index is 5.68. The highest BCUT2D eigenvalue weighted by atomic mass is 32.1. The second kappa shape index (κ2) is 5.64. The summed E-state index contributed by atoms with van der Waals surface area (Å²) in [5.74, 6) is 0.717. The number of hydrogen-bond acceptors (Lipinski definition) is 3. The molecule has 94 valence electrons. The Morgan fingerprint density at radius 3 is 2.89 bits per heavy atom. The van der Waals surface area contributed by atoms with Crippen LogP contribution in [-0.4, -0.2) is 21.4 Å². The van der Waals surface area contributed by atoms with Crippen LogP contribution in [0.5, 0.6) is 5.75 Å². The third-order valence-corrected chi connectivity index (χ3v) is 2.71. The number of aryl methyl sites for hydroxylation is 1. The van der Waals surface area contributed by atoms with Gasteiger partial charge in [-0.3, -0.25) is 4.68 Å². The molecule has 1 aromatic carbocycles. The molecule has 2 rings (SSSR count). The quantitative estimate of drug-likeness (QED) is 0.835. The third-order valence-electron chi connectivity index (χ3n) is 2.49. The molecular formula is C13H15N3OS. The molecule has 0 amide bonds. The Hall–Kier alpha value is -1.88. The molecule has 5 heteroatoms. The number of thiocarbonyl (C=S) groups is 1. The molecule has 0 aliphatic rings. The fraction of sp³-hybridized carbons (Fsp3) is 0.231. The molecule has 1 aromatic heterocycles. The van der Waals surface area contributed by atoms with Crippen LogP contribution in [-0.2, 0) is 6.54 Å². The first kappa shape index (κ1) is 12.6. The van der Waals surface area contributed by atoms with E-state index < -0.39 is 0 Å². The maximum Gasteiger partial charge on any atom is 0.129 e. The van der Waals surface area contributed by atoms with Crippen molar-refractivity contribution in [3.8, 4) is 5.75 Å². The van der Waals surface area contributed by atoms with Crippen LogP contribution in [0, 0.1) is 6.92 Å². The van der Waals surface area contributed by atoms with Gasteiger partial charge in [0.15, 0.2) is 0 Å². The van der Waals surface area contributed by atoms with E-state index in [4.69, 9.17) is 22.7 Å². The monoisotopic (exact) mass is 261 g/mol. The average molecular weight is 261 g/mol.